The van der Waals surface area contributed by atoms with E-state index in [1.54, 1.807) is 30.3 Å². The van der Waals surface area contributed by atoms with Crippen LogP contribution in [0.2, 0.25) is 0 Å². The second kappa shape index (κ2) is 8.89. The van der Waals surface area contributed by atoms with Crippen molar-refractivity contribution in [2.75, 3.05) is 6.61 Å². The Balaban J connectivity index is 2.08. The van der Waals surface area contributed by atoms with Crippen LogP contribution in [0.25, 0.3) is 11.1 Å². The van der Waals surface area contributed by atoms with Gasteiger partial charge in [-0.15, -0.1) is 0 Å². The summed E-state index contributed by atoms with van der Waals surface area (Å²) in [5, 5.41) is 18.3. The molecule has 0 aliphatic carbocycles. The number of hydrogen-bond acceptors (Lipinski definition) is 3. The zero-order valence-electron chi connectivity index (χ0n) is 14.7. The third-order valence-electron chi connectivity index (χ3n) is 4.36. The van der Waals surface area contributed by atoms with Gasteiger partial charge in [0.25, 0.3) is 0 Å². The van der Waals surface area contributed by atoms with E-state index in [1.807, 2.05) is 12.1 Å². The summed E-state index contributed by atoms with van der Waals surface area (Å²) in [6, 6.07) is 14.3. The highest BCUT2D eigenvalue weighted by Gasteiger charge is 2.08. The largest absolute Gasteiger partial charge is 0.492 e. The Morgan fingerprint density at radius 2 is 1.88 bits per heavy atom. The molecule has 0 saturated carbocycles. The molecular weight excluding hydrogens is 314 g/mol. The van der Waals surface area contributed by atoms with Crippen molar-refractivity contribution < 1.29 is 14.6 Å². The van der Waals surface area contributed by atoms with Crippen molar-refractivity contribution >= 4 is 5.97 Å². The normalized spacial score (nSPS) is 11.6. The van der Waals surface area contributed by atoms with Gasteiger partial charge in [-0.2, -0.15) is 5.26 Å². The number of nitrogens with zero attached hydrogens (tertiary/aromatic N) is 1. The van der Waals surface area contributed by atoms with Crippen LogP contribution in [0.15, 0.2) is 42.5 Å². The second-order valence-corrected chi connectivity index (χ2v) is 6.21. The molecule has 0 amide bonds. The minimum Gasteiger partial charge on any atom is -0.492 e. The minimum atomic E-state index is -0.953. The number of carboxylic acid groups (broad SMARTS) is 1. The first-order valence-electron chi connectivity index (χ1n) is 8.55. The van der Waals surface area contributed by atoms with E-state index < -0.39 is 5.97 Å². The van der Waals surface area contributed by atoms with Crippen LogP contribution < -0.4 is 4.74 Å². The third-order valence-corrected chi connectivity index (χ3v) is 4.36. The Morgan fingerprint density at radius 1 is 1.20 bits per heavy atom. The van der Waals surface area contributed by atoms with Gasteiger partial charge in [-0.25, -0.2) is 4.79 Å². The van der Waals surface area contributed by atoms with Crippen LogP contribution in [0.1, 0.15) is 49.0 Å². The average molecular weight is 337 g/mol. The lowest BCUT2D eigenvalue weighted by atomic mass is 10.0. The molecule has 2 rings (SSSR count). The fourth-order valence-corrected chi connectivity index (χ4v) is 2.55. The Bertz CT molecular complexity index is 760. The van der Waals surface area contributed by atoms with Crippen molar-refractivity contribution in [2.24, 2.45) is 5.92 Å². The van der Waals surface area contributed by atoms with E-state index in [1.165, 1.54) is 6.42 Å². The fraction of sp³-hybridized carbons (Fsp3) is 0.333. The maximum atomic E-state index is 10.9. The van der Waals surface area contributed by atoms with E-state index in [0.717, 1.165) is 24.0 Å². The molecule has 2 aromatic rings. The Morgan fingerprint density at radius 3 is 2.48 bits per heavy atom. The Kier molecular flexibility index (Phi) is 6.59. The predicted molar refractivity (Wildman–Crippen MR) is 97.7 cm³/mol. The van der Waals surface area contributed by atoms with Gasteiger partial charge < -0.3 is 9.84 Å². The summed E-state index contributed by atoms with van der Waals surface area (Å²) in [6.45, 7) is 5.01. The second-order valence-electron chi connectivity index (χ2n) is 6.21. The van der Waals surface area contributed by atoms with Gasteiger partial charge in [0.05, 0.1) is 17.7 Å². The number of carbonyl (C=O) groups is 1. The number of rotatable bonds is 8. The molecule has 25 heavy (non-hydrogen) atoms. The average Bonchev–Trinajstić information content (AvgIpc) is 2.65. The molecule has 0 fully saturated rings. The molecule has 2 aromatic carbocycles. The molecule has 0 aliphatic rings. The fourth-order valence-electron chi connectivity index (χ4n) is 2.55. The van der Waals surface area contributed by atoms with E-state index >= 15 is 0 Å². The van der Waals surface area contributed by atoms with Gasteiger partial charge >= 0.3 is 5.97 Å². The van der Waals surface area contributed by atoms with E-state index in [2.05, 4.69) is 19.9 Å². The summed E-state index contributed by atoms with van der Waals surface area (Å²) in [5.41, 5.74) is 2.46. The van der Waals surface area contributed by atoms with Crippen molar-refractivity contribution in [3.63, 3.8) is 0 Å². The minimum absolute atomic E-state index is 0.241. The van der Waals surface area contributed by atoms with Crippen LogP contribution in [-0.4, -0.2) is 17.7 Å². The van der Waals surface area contributed by atoms with Crippen molar-refractivity contribution in [1.82, 2.24) is 0 Å². The molecule has 0 aromatic heterocycles. The van der Waals surface area contributed by atoms with Crippen LogP contribution in [-0.2, 0) is 0 Å². The number of benzene rings is 2. The lowest BCUT2D eigenvalue weighted by molar-refractivity contribution is 0.0697. The van der Waals surface area contributed by atoms with Crippen LogP contribution in [0.5, 0.6) is 5.75 Å². The highest BCUT2D eigenvalue weighted by atomic mass is 16.5. The first-order valence-corrected chi connectivity index (χ1v) is 8.55. The quantitative estimate of drug-likeness (QED) is 0.678. The van der Waals surface area contributed by atoms with Gasteiger partial charge in [0.1, 0.15) is 11.8 Å². The van der Waals surface area contributed by atoms with Crippen molar-refractivity contribution in [3.05, 3.63) is 53.6 Å². The zero-order chi connectivity index (χ0) is 18.2. The van der Waals surface area contributed by atoms with Gasteiger partial charge in [0.15, 0.2) is 0 Å². The van der Waals surface area contributed by atoms with E-state index in [-0.39, 0.29) is 5.56 Å². The number of nitriles is 1. The maximum absolute atomic E-state index is 10.9. The number of hydrogen-bond donors (Lipinski definition) is 1. The topological polar surface area (TPSA) is 70.3 Å². The molecule has 1 atom stereocenters. The monoisotopic (exact) mass is 337 g/mol. The summed E-state index contributed by atoms with van der Waals surface area (Å²) in [5.74, 6) is 0.332. The maximum Gasteiger partial charge on any atom is 0.335 e. The van der Waals surface area contributed by atoms with Gasteiger partial charge in [0, 0.05) is 0 Å². The molecule has 0 spiro atoms. The van der Waals surface area contributed by atoms with Crippen molar-refractivity contribution in [3.8, 4) is 22.9 Å². The van der Waals surface area contributed by atoms with Gasteiger partial charge in [-0.05, 0) is 54.2 Å². The number of aromatic carboxylic acids is 1. The number of ether oxygens (including phenoxy) is 1. The predicted octanol–water partition coefficient (Wildman–Crippen LogP) is 5.13. The Hall–Kier alpha value is -2.80. The highest BCUT2D eigenvalue weighted by molar-refractivity contribution is 5.88. The van der Waals surface area contributed by atoms with Crippen molar-refractivity contribution in [1.29, 1.82) is 5.26 Å². The molecule has 1 unspecified atom stereocenters. The SMILES string of the molecule is CCC(C)CCCOc1ccc(-c2ccc(C(=O)O)cc2)cc1C#N. The standard InChI is InChI=1S/C21H23NO3/c1-3-15(2)5-4-12-25-20-11-10-18(13-19(20)14-22)16-6-8-17(9-7-16)21(23)24/h6-11,13,15H,3-5,12H2,1-2H3,(H,23,24). The van der Waals surface area contributed by atoms with Crippen LogP contribution in [0.3, 0.4) is 0 Å². The summed E-state index contributed by atoms with van der Waals surface area (Å²) < 4.78 is 5.76. The molecule has 4 nitrogen and oxygen atoms in total. The molecule has 1 N–H and O–H groups in total. The Labute approximate surface area is 148 Å². The molecular formula is C21H23NO3. The van der Waals surface area contributed by atoms with E-state index in [9.17, 15) is 10.1 Å². The number of carboxylic acids is 1. The summed E-state index contributed by atoms with van der Waals surface area (Å²) in [7, 11) is 0. The van der Waals surface area contributed by atoms with Gasteiger partial charge in [-0.3, -0.25) is 0 Å². The molecule has 0 heterocycles. The van der Waals surface area contributed by atoms with Gasteiger partial charge in [-0.1, -0.05) is 38.5 Å². The molecule has 0 bridgehead atoms. The van der Waals surface area contributed by atoms with E-state index in [0.29, 0.717) is 23.8 Å². The third kappa shape index (κ3) is 5.09. The van der Waals surface area contributed by atoms with Crippen molar-refractivity contribution in [2.45, 2.75) is 33.1 Å². The smallest absolute Gasteiger partial charge is 0.335 e. The zero-order valence-corrected chi connectivity index (χ0v) is 14.7. The van der Waals surface area contributed by atoms with Crippen LogP contribution >= 0.6 is 0 Å². The molecule has 4 heteroatoms. The van der Waals surface area contributed by atoms with Gasteiger partial charge in [0.2, 0.25) is 0 Å². The molecule has 0 saturated heterocycles. The highest BCUT2D eigenvalue weighted by Crippen LogP contribution is 2.27. The van der Waals surface area contributed by atoms with E-state index in [4.69, 9.17) is 9.84 Å². The van der Waals surface area contributed by atoms with Crippen LogP contribution in [0.4, 0.5) is 0 Å². The molecule has 0 aliphatic heterocycles. The summed E-state index contributed by atoms with van der Waals surface area (Å²) >= 11 is 0. The first-order chi connectivity index (χ1) is 12.0. The lowest BCUT2D eigenvalue weighted by Gasteiger charge is -2.11. The summed E-state index contributed by atoms with van der Waals surface area (Å²) in [4.78, 5) is 10.9. The first kappa shape index (κ1) is 18.5. The molecule has 130 valence electrons. The molecule has 0 radical (unpaired) electrons. The van der Waals surface area contributed by atoms with Crippen LogP contribution in [0, 0.1) is 17.2 Å². The summed E-state index contributed by atoms with van der Waals surface area (Å²) in [6.07, 6.45) is 3.25. The lowest BCUT2D eigenvalue weighted by Crippen LogP contribution is -2.02.